The minimum atomic E-state index is -1.05. The zero-order chi connectivity index (χ0) is 14.9. The normalized spacial score (nSPS) is 26.9. The van der Waals surface area contributed by atoms with Crippen molar-refractivity contribution >= 4 is 11.9 Å². The van der Waals surface area contributed by atoms with Crippen molar-refractivity contribution in [1.29, 1.82) is 0 Å². The quantitative estimate of drug-likeness (QED) is 0.655. The molecule has 1 saturated heterocycles. The van der Waals surface area contributed by atoms with Crippen LogP contribution in [0.4, 0.5) is 0 Å². The summed E-state index contributed by atoms with van der Waals surface area (Å²) in [6.07, 6.45) is 2.47. The summed E-state index contributed by atoms with van der Waals surface area (Å²) < 4.78 is 0. The van der Waals surface area contributed by atoms with Crippen LogP contribution in [0.3, 0.4) is 0 Å². The summed E-state index contributed by atoms with van der Waals surface area (Å²) in [5.41, 5.74) is 6.11. The summed E-state index contributed by atoms with van der Waals surface area (Å²) in [4.78, 5) is 23.5. The SMILES string of the molecule is O=C(NC1(C(=O)O)CCC1)C1CC(c2ccccc2)NN1. The lowest BCUT2D eigenvalue weighted by atomic mass is 9.76. The van der Waals surface area contributed by atoms with E-state index in [2.05, 4.69) is 16.2 Å². The van der Waals surface area contributed by atoms with Crippen LogP contribution in [0.25, 0.3) is 0 Å². The van der Waals surface area contributed by atoms with Crippen molar-refractivity contribution in [1.82, 2.24) is 16.2 Å². The Kier molecular flexibility index (Phi) is 3.65. The van der Waals surface area contributed by atoms with Gasteiger partial charge in [0.15, 0.2) is 0 Å². The van der Waals surface area contributed by atoms with Gasteiger partial charge in [0.05, 0.1) is 0 Å². The number of nitrogens with one attached hydrogen (secondary N) is 3. The molecule has 0 bridgehead atoms. The van der Waals surface area contributed by atoms with E-state index >= 15 is 0 Å². The van der Waals surface area contributed by atoms with Crippen molar-refractivity contribution in [3.8, 4) is 0 Å². The molecule has 0 radical (unpaired) electrons. The molecule has 2 atom stereocenters. The van der Waals surface area contributed by atoms with Crippen LogP contribution in [0.15, 0.2) is 30.3 Å². The van der Waals surface area contributed by atoms with Crippen molar-refractivity contribution in [3.05, 3.63) is 35.9 Å². The molecular formula is C15H19N3O3. The molecule has 1 aromatic carbocycles. The maximum absolute atomic E-state index is 12.3. The lowest BCUT2D eigenvalue weighted by Gasteiger charge is -2.38. The predicted molar refractivity (Wildman–Crippen MR) is 76.2 cm³/mol. The Morgan fingerprint density at radius 2 is 1.90 bits per heavy atom. The number of rotatable bonds is 4. The third kappa shape index (κ3) is 2.64. The molecule has 1 aliphatic heterocycles. The Morgan fingerprint density at radius 3 is 2.48 bits per heavy atom. The molecule has 2 unspecified atom stereocenters. The summed E-state index contributed by atoms with van der Waals surface area (Å²) >= 11 is 0. The molecule has 1 aromatic rings. The first-order valence-electron chi connectivity index (χ1n) is 7.22. The van der Waals surface area contributed by atoms with Gasteiger partial charge in [-0.25, -0.2) is 15.6 Å². The zero-order valence-electron chi connectivity index (χ0n) is 11.6. The molecule has 1 amide bonds. The molecule has 1 heterocycles. The molecule has 2 aliphatic rings. The molecule has 4 N–H and O–H groups in total. The monoisotopic (exact) mass is 289 g/mol. The number of carbonyl (C=O) groups excluding carboxylic acids is 1. The highest BCUT2D eigenvalue weighted by atomic mass is 16.4. The third-order valence-electron chi connectivity index (χ3n) is 4.40. The van der Waals surface area contributed by atoms with E-state index in [1.54, 1.807) is 0 Å². The zero-order valence-corrected chi connectivity index (χ0v) is 11.6. The Hall–Kier alpha value is -1.92. The van der Waals surface area contributed by atoms with Gasteiger partial charge in [0.1, 0.15) is 11.6 Å². The molecule has 2 fully saturated rings. The fourth-order valence-electron chi connectivity index (χ4n) is 2.88. The average molecular weight is 289 g/mol. The minimum Gasteiger partial charge on any atom is -0.480 e. The third-order valence-corrected chi connectivity index (χ3v) is 4.40. The van der Waals surface area contributed by atoms with Gasteiger partial charge >= 0.3 is 5.97 Å². The maximum atomic E-state index is 12.3. The number of amides is 1. The van der Waals surface area contributed by atoms with Crippen molar-refractivity contribution in [2.24, 2.45) is 0 Å². The van der Waals surface area contributed by atoms with E-state index in [9.17, 15) is 14.7 Å². The second-order valence-electron chi connectivity index (χ2n) is 5.77. The van der Waals surface area contributed by atoms with E-state index in [0.717, 1.165) is 12.0 Å². The van der Waals surface area contributed by atoms with Crippen LogP contribution in [-0.4, -0.2) is 28.6 Å². The molecule has 6 heteroatoms. The molecule has 112 valence electrons. The average Bonchev–Trinajstić information content (AvgIpc) is 2.93. The number of hydrogen-bond donors (Lipinski definition) is 4. The molecule has 1 aliphatic carbocycles. The van der Waals surface area contributed by atoms with Gasteiger partial charge in [-0.05, 0) is 31.2 Å². The van der Waals surface area contributed by atoms with Gasteiger partial charge in [0, 0.05) is 6.04 Å². The lowest BCUT2D eigenvalue weighted by molar-refractivity contribution is -0.152. The van der Waals surface area contributed by atoms with Crippen molar-refractivity contribution in [3.63, 3.8) is 0 Å². The standard InChI is InChI=1S/C15H19N3O3/c19-13(16-15(14(20)21)7-4-8-15)12-9-11(17-18-12)10-5-2-1-3-6-10/h1-3,5-6,11-12,17-18H,4,7-9H2,(H,16,19)(H,20,21). The van der Waals surface area contributed by atoms with Crippen molar-refractivity contribution in [2.45, 2.75) is 43.3 Å². The highest BCUT2D eigenvalue weighted by Gasteiger charge is 2.47. The van der Waals surface area contributed by atoms with Gasteiger partial charge in [0.25, 0.3) is 0 Å². The van der Waals surface area contributed by atoms with Gasteiger partial charge in [-0.3, -0.25) is 4.79 Å². The number of carboxylic acid groups (broad SMARTS) is 1. The van der Waals surface area contributed by atoms with Crippen LogP contribution < -0.4 is 16.2 Å². The summed E-state index contributed by atoms with van der Waals surface area (Å²) in [6.45, 7) is 0. The lowest BCUT2D eigenvalue weighted by Crippen LogP contribution is -2.62. The molecular weight excluding hydrogens is 270 g/mol. The van der Waals surface area contributed by atoms with Crippen LogP contribution in [-0.2, 0) is 9.59 Å². The van der Waals surface area contributed by atoms with Crippen molar-refractivity contribution < 1.29 is 14.7 Å². The Morgan fingerprint density at radius 1 is 1.19 bits per heavy atom. The van der Waals surface area contributed by atoms with Crippen LogP contribution in [0.2, 0.25) is 0 Å². The second-order valence-corrected chi connectivity index (χ2v) is 5.77. The maximum Gasteiger partial charge on any atom is 0.329 e. The number of aliphatic carboxylic acids is 1. The van der Waals surface area contributed by atoms with E-state index in [4.69, 9.17) is 0 Å². The van der Waals surface area contributed by atoms with E-state index in [1.807, 2.05) is 30.3 Å². The predicted octanol–water partition coefficient (Wildman–Crippen LogP) is 0.718. The molecule has 0 spiro atoms. The van der Waals surface area contributed by atoms with Crippen LogP contribution in [0.1, 0.15) is 37.3 Å². The van der Waals surface area contributed by atoms with Crippen LogP contribution in [0.5, 0.6) is 0 Å². The molecule has 0 aromatic heterocycles. The summed E-state index contributed by atoms with van der Waals surface area (Å²) in [7, 11) is 0. The largest absolute Gasteiger partial charge is 0.480 e. The highest BCUT2D eigenvalue weighted by molar-refractivity contribution is 5.90. The fourth-order valence-corrected chi connectivity index (χ4v) is 2.88. The first-order chi connectivity index (χ1) is 10.1. The molecule has 21 heavy (non-hydrogen) atoms. The summed E-state index contributed by atoms with van der Waals surface area (Å²) in [5, 5.41) is 12.0. The number of carboxylic acids is 1. The topological polar surface area (TPSA) is 90.5 Å². The van der Waals surface area contributed by atoms with E-state index in [0.29, 0.717) is 19.3 Å². The fraction of sp³-hybridized carbons (Fsp3) is 0.467. The first-order valence-corrected chi connectivity index (χ1v) is 7.22. The smallest absolute Gasteiger partial charge is 0.329 e. The van der Waals surface area contributed by atoms with E-state index < -0.39 is 17.6 Å². The molecule has 1 saturated carbocycles. The summed E-state index contributed by atoms with van der Waals surface area (Å²) in [6, 6.07) is 9.52. The van der Waals surface area contributed by atoms with Gasteiger partial charge in [-0.15, -0.1) is 0 Å². The molecule has 3 rings (SSSR count). The number of benzene rings is 1. The van der Waals surface area contributed by atoms with E-state index in [-0.39, 0.29) is 11.9 Å². The van der Waals surface area contributed by atoms with Gasteiger partial charge < -0.3 is 10.4 Å². The van der Waals surface area contributed by atoms with Gasteiger partial charge in [0.2, 0.25) is 5.91 Å². The number of carbonyl (C=O) groups is 2. The molecule has 6 nitrogen and oxygen atoms in total. The Bertz CT molecular complexity index is 542. The van der Waals surface area contributed by atoms with Crippen molar-refractivity contribution in [2.75, 3.05) is 0 Å². The number of hydrogen-bond acceptors (Lipinski definition) is 4. The van der Waals surface area contributed by atoms with Gasteiger partial charge in [-0.1, -0.05) is 30.3 Å². The van der Waals surface area contributed by atoms with E-state index in [1.165, 1.54) is 0 Å². The minimum absolute atomic E-state index is 0.0594. The Labute approximate surface area is 122 Å². The second kappa shape index (κ2) is 5.46. The summed E-state index contributed by atoms with van der Waals surface area (Å²) in [5.74, 6) is -1.18. The van der Waals surface area contributed by atoms with Gasteiger partial charge in [-0.2, -0.15) is 0 Å². The highest BCUT2D eigenvalue weighted by Crippen LogP contribution is 2.32. The Balaban J connectivity index is 1.61. The van der Waals surface area contributed by atoms with Crippen LogP contribution in [0, 0.1) is 0 Å². The number of hydrazine groups is 1. The van der Waals surface area contributed by atoms with Crippen LogP contribution >= 0.6 is 0 Å². The first kappa shape index (κ1) is 14.0.